The van der Waals surface area contributed by atoms with Gasteiger partial charge in [0.2, 0.25) is 5.75 Å². The van der Waals surface area contributed by atoms with Crippen LogP contribution in [0.3, 0.4) is 0 Å². The van der Waals surface area contributed by atoms with Crippen molar-refractivity contribution in [2.45, 2.75) is 20.8 Å². The van der Waals surface area contributed by atoms with Crippen LogP contribution in [0.5, 0.6) is 17.2 Å². The molecular formula is C15H26O6Si. The van der Waals surface area contributed by atoms with Crippen LogP contribution in [0.1, 0.15) is 20.8 Å². The molecule has 0 amide bonds. The van der Waals surface area contributed by atoms with Gasteiger partial charge < -0.3 is 27.5 Å². The number of hydrogen-bond acceptors (Lipinski definition) is 6. The van der Waals surface area contributed by atoms with Gasteiger partial charge in [-0.25, -0.2) is 0 Å². The third-order valence-electron chi connectivity index (χ3n) is 3.09. The Labute approximate surface area is 133 Å². The molecule has 0 aliphatic carbocycles. The number of benzene rings is 1. The van der Waals surface area contributed by atoms with Crippen molar-refractivity contribution in [2.75, 3.05) is 41.2 Å². The van der Waals surface area contributed by atoms with E-state index >= 15 is 0 Å². The molecule has 0 N–H and O–H groups in total. The minimum absolute atomic E-state index is 0.476. The lowest BCUT2D eigenvalue weighted by Crippen LogP contribution is -2.55. The second-order valence-corrected chi connectivity index (χ2v) is 7.11. The molecule has 0 aliphatic heterocycles. The van der Waals surface area contributed by atoms with E-state index in [4.69, 9.17) is 27.5 Å². The summed E-state index contributed by atoms with van der Waals surface area (Å²) in [4.78, 5) is 0. The summed E-state index contributed by atoms with van der Waals surface area (Å²) in [6, 6.07) is 3.67. The third-order valence-corrected chi connectivity index (χ3v) is 5.76. The molecule has 0 unspecified atom stereocenters. The standard InChI is InChI=1S/C15H26O6Si/c1-7-19-12-10-11-13(22(16-4,17-5)18-6)15(21-9-3)14(12)20-8-2/h10-11H,7-9H2,1-6H3. The van der Waals surface area contributed by atoms with Gasteiger partial charge in [-0.3, -0.25) is 0 Å². The molecular weight excluding hydrogens is 304 g/mol. The maximum absolute atomic E-state index is 5.81. The average Bonchev–Trinajstić information content (AvgIpc) is 2.54. The molecule has 0 spiro atoms. The zero-order chi connectivity index (χ0) is 16.6. The molecule has 22 heavy (non-hydrogen) atoms. The van der Waals surface area contributed by atoms with Crippen LogP contribution < -0.4 is 19.4 Å². The largest absolute Gasteiger partial charge is 0.540 e. The van der Waals surface area contributed by atoms with Crippen LogP contribution in [0.25, 0.3) is 0 Å². The first-order valence-electron chi connectivity index (χ1n) is 7.35. The van der Waals surface area contributed by atoms with Crippen LogP contribution in [0, 0.1) is 0 Å². The van der Waals surface area contributed by atoms with Crippen molar-refractivity contribution >= 4 is 14.0 Å². The molecule has 0 saturated carbocycles. The zero-order valence-corrected chi connectivity index (χ0v) is 15.2. The van der Waals surface area contributed by atoms with Crippen LogP contribution in [-0.2, 0) is 13.3 Å². The normalized spacial score (nSPS) is 11.4. The fourth-order valence-electron chi connectivity index (χ4n) is 2.20. The van der Waals surface area contributed by atoms with E-state index in [2.05, 4.69) is 0 Å². The monoisotopic (exact) mass is 330 g/mol. The molecule has 0 bridgehead atoms. The highest BCUT2D eigenvalue weighted by Gasteiger charge is 2.45. The van der Waals surface area contributed by atoms with E-state index in [-0.39, 0.29) is 0 Å². The lowest BCUT2D eigenvalue weighted by atomic mass is 10.3. The quantitative estimate of drug-likeness (QED) is 0.611. The summed E-state index contributed by atoms with van der Waals surface area (Å²) in [6.45, 7) is 7.23. The summed E-state index contributed by atoms with van der Waals surface area (Å²) >= 11 is 0. The summed E-state index contributed by atoms with van der Waals surface area (Å²) < 4.78 is 33.9. The van der Waals surface area contributed by atoms with Crippen molar-refractivity contribution in [1.29, 1.82) is 0 Å². The molecule has 7 heteroatoms. The second kappa shape index (κ2) is 8.99. The smallest absolute Gasteiger partial charge is 0.490 e. The van der Waals surface area contributed by atoms with Crippen LogP contribution >= 0.6 is 0 Å². The Balaban J connectivity index is 3.53. The predicted octanol–water partition coefficient (Wildman–Crippen LogP) is 1.97. The fraction of sp³-hybridized carbons (Fsp3) is 0.600. The van der Waals surface area contributed by atoms with E-state index in [1.54, 1.807) is 21.3 Å². The molecule has 0 aromatic heterocycles. The van der Waals surface area contributed by atoms with E-state index in [0.717, 1.165) is 0 Å². The fourth-order valence-corrected chi connectivity index (χ4v) is 4.11. The van der Waals surface area contributed by atoms with Crippen LogP contribution in [-0.4, -0.2) is 50.0 Å². The molecule has 0 heterocycles. The number of ether oxygens (including phenoxy) is 3. The minimum Gasteiger partial charge on any atom is -0.490 e. The van der Waals surface area contributed by atoms with Crippen molar-refractivity contribution in [2.24, 2.45) is 0 Å². The van der Waals surface area contributed by atoms with Gasteiger partial charge in [-0.1, -0.05) is 0 Å². The molecule has 126 valence electrons. The SMILES string of the molecule is CCOc1ccc([Si](OC)(OC)OC)c(OCC)c1OCC. The van der Waals surface area contributed by atoms with Gasteiger partial charge in [0.05, 0.1) is 25.0 Å². The zero-order valence-electron chi connectivity index (χ0n) is 14.2. The average molecular weight is 330 g/mol. The third kappa shape index (κ3) is 3.72. The van der Waals surface area contributed by atoms with Gasteiger partial charge in [0.25, 0.3) is 0 Å². The topological polar surface area (TPSA) is 55.4 Å². The Morgan fingerprint density at radius 3 is 1.68 bits per heavy atom. The number of rotatable bonds is 10. The van der Waals surface area contributed by atoms with Gasteiger partial charge in [-0.15, -0.1) is 0 Å². The summed E-state index contributed by atoms with van der Waals surface area (Å²) in [5.41, 5.74) is 0. The molecule has 1 aromatic rings. The van der Waals surface area contributed by atoms with Crippen molar-refractivity contribution in [3.05, 3.63) is 12.1 Å². The van der Waals surface area contributed by atoms with Crippen molar-refractivity contribution < 1.29 is 27.5 Å². The Morgan fingerprint density at radius 2 is 1.23 bits per heavy atom. The number of hydrogen-bond donors (Lipinski definition) is 0. The minimum atomic E-state index is -3.04. The van der Waals surface area contributed by atoms with E-state index in [1.165, 1.54) is 0 Å². The molecule has 0 aliphatic rings. The molecule has 1 rings (SSSR count). The Hall–Kier alpha value is -1.28. The lowest BCUT2D eigenvalue weighted by Gasteiger charge is -2.28. The molecule has 0 saturated heterocycles. The Kier molecular flexibility index (Phi) is 7.67. The van der Waals surface area contributed by atoms with Crippen molar-refractivity contribution in [3.63, 3.8) is 0 Å². The van der Waals surface area contributed by atoms with Gasteiger partial charge in [0.1, 0.15) is 0 Å². The van der Waals surface area contributed by atoms with Crippen molar-refractivity contribution in [3.8, 4) is 17.2 Å². The van der Waals surface area contributed by atoms with Crippen LogP contribution in [0.2, 0.25) is 0 Å². The summed E-state index contributed by atoms with van der Waals surface area (Å²) in [7, 11) is 1.64. The lowest BCUT2D eigenvalue weighted by molar-refractivity contribution is 0.139. The summed E-state index contributed by atoms with van der Waals surface area (Å²) in [5.74, 6) is 1.72. The van der Waals surface area contributed by atoms with E-state index in [0.29, 0.717) is 42.3 Å². The first kappa shape index (κ1) is 18.8. The molecule has 0 radical (unpaired) electrons. The maximum Gasteiger partial charge on any atom is 0.540 e. The van der Waals surface area contributed by atoms with E-state index < -0.39 is 8.80 Å². The first-order chi connectivity index (χ1) is 10.6. The Bertz CT molecular complexity index is 453. The summed E-state index contributed by atoms with van der Waals surface area (Å²) in [6.07, 6.45) is 0. The molecule has 0 atom stereocenters. The Morgan fingerprint density at radius 1 is 0.727 bits per heavy atom. The van der Waals surface area contributed by atoms with Gasteiger partial charge >= 0.3 is 8.80 Å². The highest BCUT2D eigenvalue weighted by molar-refractivity contribution is 6.76. The van der Waals surface area contributed by atoms with Gasteiger partial charge in [0.15, 0.2) is 11.5 Å². The maximum atomic E-state index is 5.81. The van der Waals surface area contributed by atoms with Gasteiger partial charge in [-0.2, -0.15) is 0 Å². The van der Waals surface area contributed by atoms with Gasteiger partial charge in [-0.05, 0) is 32.9 Å². The van der Waals surface area contributed by atoms with Gasteiger partial charge in [0, 0.05) is 21.3 Å². The summed E-state index contributed by atoms with van der Waals surface area (Å²) in [5, 5.41) is 0.716. The molecule has 0 fully saturated rings. The molecule has 6 nitrogen and oxygen atoms in total. The second-order valence-electron chi connectivity index (χ2n) is 4.24. The van der Waals surface area contributed by atoms with Crippen LogP contribution in [0.4, 0.5) is 0 Å². The predicted molar refractivity (Wildman–Crippen MR) is 86.4 cm³/mol. The van der Waals surface area contributed by atoms with Crippen molar-refractivity contribution in [1.82, 2.24) is 0 Å². The highest BCUT2D eigenvalue weighted by Crippen LogP contribution is 2.37. The first-order valence-corrected chi connectivity index (χ1v) is 9.07. The highest BCUT2D eigenvalue weighted by atomic mass is 28.4. The van der Waals surface area contributed by atoms with E-state index in [9.17, 15) is 0 Å². The van der Waals surface area contributed by atoms with E-state index in [1.807, 2.05) is 32.9 Å². The van der Waals surface area contributed by atoms with Crippen LogP contribution in [0.15, 0.2) is 12.1 Å². The molecule has 1 aromatic carbocycles.